The summed E-state index contributed by atoms with van der Waals surface area (Å²) in [4.78, 5) is 13.8. The van der Waals surface area contributed by atoms with Crippen molar-refractivity contribution in [1.82, 2.24) is 20.1 Å². The molecule has 1 unspecified atom stereocenters. The molecule has 6 nitrogen and oxygen atoms in total. The lowest BCUT2D eigenvalue weighted by atomic mass is 10.2. The van der Waals surface area contributed by atoms with Crippen LogP contribution in [0.4, 0.5) is 0 Å². The SMILES string of the molecule is CN=C(NCc1nc(C)cs1)N1CCC(N2CCOCC2)C1.I. The molecule has 1 N–H and O–H groups in total. The minimum absolute atomic E-state index is 0. The summed E-state index contributed by atoms with van der Waals surface area (Å²) < 4.78 is 5.45. The van der Waals surface area contributed by atoms with Crippen LogP contribution in [0, 0.1) is 6.92 Å². The Morgan fingerprint density at radius 2 is 2.22 bits per heavy atom. The second-order valence-electron chi connectivity index (χ2n) is 5.82. The number of likely N-dealkylation sites (tertiary alicyclic amines) is 1. The zero-order valence-electron chi connectivity index (χ0n) is 13.8. The molecule has 3 rings (SSSR count). The highest BCUT2D eigenvalue weighted by Crippen LogP contribution is 2.17. The topological polar surface area (TPSA) is 53.0 Å². The zero-order chi connectivity index (χ0) is 15.4. The lowest BCUT2D eigenvalue weighted by Crippen LogP contribution is -2.46. The number of thiazole rings is 1. The number of aryl methyl sites for hydroxylation is 1. The summed E-state index contributed by atoms with van der Waals surface area (Å²) in [5.74, 6) is 0.989. The maximum atomic E-state index is 5.45. The van der Waals surface area contributed by atoms with E-state index in [9.17, 15) is 0 Å². The van der Waals surface area contributed by atoms with Crippen LogP contribution in [0.5, 0.6) is 0 Å². The van der Waals surface area contributed by atoms with Gasteiger partial charge in [0.1, 0.15) is 5.01 Å². The molecule has 0 aliphatic carbocycles. The first-order valence-corrected chi connectivity index (χ1v) is 8.82. The van der Waals surface area contributed by atoms with Crippen molar-refractivity contribution >= 4 is 41.3 Å². The number of halogens is 1. The number of guanidine groups is 1. The fourth-order valence-electron chi connectivity index (χ4n) is 3.15. The summed E-state index contributed by atoms with van der Waals surface area (Å²) in [6.07, 6.45) is 1.21. The largest absolute Gasteiger partial charge is 0.379 e. The maximum absolute atomic E-state index is 5.45. The van der Waals surface area contributed by atoms with Crippen LogP contribution < -0.4 is 5.32 Å². The van der Waals surface area contributed by atoms with Gasteiger partial charge >= 0.3 is 0 Å². The van der Waals surface area contributed by atoms with E-state index in [0.717, 1.165) is 62.6 Å². The molecule has 23 heavy (non-hydrogen) atoms. The molecule has 0 bridgehead atoms. The van der Waals surface area contributed by atoms with E-state index in [4.69, 9.17) is 4.74 Å². The van der Waals surface area contributed by atoms with Gasteiger partial charge in [-0.25, -0.2) is 4.98 Å². The number of nitrogens with zero attached hydrogens (tertiary/aromatic N) is 4. The lowest BCUT2D eigenvalue weighted by molar-refractivity contribution is 0.0195. The highest BCUT2D eigenvalue weighted by atomic mass is 127. The number of morpholine rings is 1. The highest BCUT2D eigenvalue weighted by molar-refractivity contribution is 14.0. The molecular weight excluding hydrogens is 425 g/mol. The maximum Gasteiger partial charge on any atom is 0.194 e. The predicted molar refractivity (Wildman–Crippen MR) is 105 cm³/mol. The molecule has 1 aromatic heterocycles. The molecule has 2 fully saturated rings. The highest BCUT2D eigenvalue weighted by Gasteiger charge is 2.30. The third kappa shape index (κ3) is 5.01. The Labute approximate surface area is 159 Å². The van der Waals surface area contributed by atoms with Crippen LogP contribution in [-0.2, 0) is 11.3 Å². The van der Waals surface area contributed by atoms with Crippen molar-refractivity contribution in [2.45, 2.75) is 25.9 Å². The molecule has 0 saturated carbocycles. The molecule has 0 amide bonds. The normalized spacial score (nSPS) is 23.0. The van der Waals surface area contributed by atoms with E-state index < -0.39 is 0 Å². The summed E-state index contributed by atoms with van der Waals surface area (Å²) in [5.41, 5.74) is 1.09. The van der Waals surface area contributed by atoms with Crippen LogP contribution >= 0.6 is 35.3 Å². The first-order valence-electron chi connectivity index (χ1n) is 7.94. The smallest absolute Gasteiger partial charge is 0.194 e. The van der Waals surface area contributed by atoms with Gasteiger partial charge in [-0.2, -0.15) is 0 Å². The van der Waals surface area contributed by atoms with Gasteiger partial charge in [-0.15, -0.1) is 35.3 Å². The third-order valence-corrected chi connectivity index (χ3v) is 5.27. The lowest BCUT2D eigenvalue weighted by Gasteiger charge is -2.32. The van der Waals surface area contributed by atoms with Crippen LogP contribution in [0.25, 0.3) is 0 Å². The fraction of sp³-hybridized carbons (Fsp3) is 0.733. The average molecular weight is 451 g/mol. The second-order valence-corrected chi connectivity index (χ2v) is 6.76. The molecule has 1 atom stereocenters. The van der Waals surface area contributed by atoms with Crippen molar-refractivity contribution in [2.24, 2.45) is 4.99 Å². The van der Waals surface area contributed by atoms with Crippen molar-refractivity contribution in [3.05, 3.63) is 16.1 Å². The first kappa shape index (κ1) is 18.9. The number of hydrogen-bond acceptors (Lipinski definition) is 5. The van der Waals surface area contributed by atoms with Crippen LogP contribution in [0.1, 0.15) is 17.1 Å². The van der Waals surface area contributed by atoms with E-state index in [-0.39, 0.29) is 24.0 Å². The van der Waals surface area contributed by atoms with Gasteiger partial charge in [-0.3, -0.25) is 9.89 Å². The van der Waals surface area contributed by atoms with Gasteiger partial charge in [0.25, 0.3) is 0 Å². The number of nitrogens with one attached hydrogen (secondary N) is 1. The van der Waals surface area contributed by atoms with Gasteiger partial charge in [-0.1, -0.05) is 0 Å². The standard InChI is InChI=1S/C15H25N5OS.HI/c1-12-11-22-14(18-12)9-17-15(16-2)20-4-3-13(10-20)19-5-7-21-8-6-19;/h11,13H,3-10H2,1-2H3,(H,16,17);1H. The van der Waals surface area contributed by atoms with Crippen molar-refractivity contribution in [2.75, 3.05) is 46.4 Å². The summed E-state index contributed by atoms with van der Waals surface area (Å²) in [6.45, 7) is 8.76. The third-order valence-electron chi connectivity index (χ3n) is 4.30. The van der Waals surface area contributed by atoms with E-state index in [1.54, 1.807) is 11.3 Å². The van der Waals surface area contributed by atoms with Crippen molar-refractivity contribution < 1.29 is 4.74 Å². The number of ether oxygens (including phenoxy) is 1. The molecule has 0 spiro atoms. The van der Waals surface area contributed by atoms with E-state index in [2.05, 4.69) is 30.5 Å². The minimum Gasteiger partial charge on any atom is -0.379 e. The number of rotatable bonds is 3. The molecule has 3 heterocycles. The predicted octanol–water partition coefficient (Wildman–Crippen LogP) is 1.55. The van der Waals surface area contributed by atoms with Crippen molar-refractivity contribution in [1.29, 1.82) is 0 Å². The Balaban J connectivity index is 0.00000192. The summed E-state index contributed by atoms with van der Waals surface area (Å²) >= 11 is 1.70. The fourth-order valence-corrected chi connectivity index (χ4v) is 3.86. The van der Waals surface area contributed by atoms with Gasteiger partial charge in [0.15, 0.2) is 5.96 Å². The molecule has 2 aliphatic rings. The van der Waals surface area contributed by atoms with E-state index in [0.29, 0.717) is 6.04 Å². The molecule has 2 aliphatic heterocycles. The van der Waals surface area contributed by atoms with Crippen LogP contribution in [0.2, 0.25) is 0 Å². The number of aliphatic imine (C=N–C) groups is 1. The van der Waals surface area contributed by atoms with Gasteiger partial charge in [0.05, 0.1) is 19.8 Å². The van der Waals surface area contributed by atoms with E-state index in [1.165, 1.54) is 6.42 Å². The molecular formula is C15H26IN5OS. The Kier molecular flexibility index (Phi) is 7.51. The van der Waals surface area contributed by atoms with Gasteiger partial charge < -0.3 is 15.0 Å². The van der Waals surface area contributed by atoms with Gasteiger partial charge in [0.2, 0.25) is 0 Å². The molecule has 0 radical (unpaired) electrons. The molecule has 2 saturated heterocycles. The monoisotopic (exact) mass is 451 g/mol. The first-order chi connectivity index (χ1) is 10.8. The minimum atomic E-state index is 0. The second kappa shape index (κ2) is 9.14. The van der Waals surface area contributed by atoms with Gasteiger partial charge in [-0.05, 0) is 13.3 Å². The van der Waals surface area contributed by atoms with Crippen molar-refractivity contribution in [3.63, 3.8) is 0 Å². The Hall–Kier alpha value is -0.450. The summed E-state index contributed by atoms with van der Waals surface area (Å²) in [7, 11) is 1.86. The molecule has 1 aromatic rings. The number of aromatic nitrogens is 1. The Morgan fingerprint density at radius 3 is 2.87 bits per heavy atom. The van der Waals surface area contributed by atoms with Gasteiger partial charge in [0, 0.05) is 50.3 Å². The quantitative estimate of drug-likeness (QED) is 0.430. The zero-order valence-corrected chi connectivity index (χ0v) is 17.0. The Morgan fingerprint density at radius 1 is 1.43 bits per heavy atom. The van der Waals surface area contributed by atoms with E-state index >= 15 is 0 Å². The van der Waals surface area contributed by atoms with Crippen LogP contribution in [0.15, 0.2) is 10.4 Å². The van der Waals surface area contributed by atoms with Crippen LogP contribution in [-0.4, -0.2) is 73.2 Å². The van der Waals surface area contributed by atoms with Crippen molar-refractivity contribution in [3.8, 4) is 0 Å². The number of hydrogen-bond donors (Lipinski definition) is 1. The summed E-state index contributed by atoms with van der Waals surface area (Å²) in [5, 5.41) is 6.65. The van der Waals surface area contributed by atoms with E-state index in [1.807, 2.05) is 14.0 Å². The molecule has 130 valence electrons. The summed E-state index contributed by atoms with van der Waals surface area (Å²) in [6, 6.07) is 0.629. The molecule has 0 aromatic carbocycles. The Bertz CT molecular complexity index is 518. The average Bonchev–Trinajstić information content (AvgIpc) is 3.18. The van der Waals surface area contributed by atoms with Crippen LogP contribution in [0.3, 0.4) is 0 Å². The molecule has 8 heteroatoms.